The van der Waals surface area contributed by atoms with Gasteiger partial charge in [0.2, 0.25) is 0 Å². The molecule has 3 aromatic carbocycles. The average Bonchev–Trinajstić information content (AvgIpc) is 3.26. The Morgan fingerprint density at radius 3 is 2.10 bits per heavy atom. The Morgan fingerprint density at radius 1 is 0.925 bits per heavy atom. The lowest BCUT2D eigenvalue weighted by molar-refractivity contribution is 0.0456. The van der Waals surface area contributed by atoms with Crippen LogP contribution in [-0.2, 0) is 27.9 Å². The van der Waals surface area contributed by atoms with E-state index in [0.29, 0.717) is 17.7 Å². The fourth-order valence-corrected chi connectivity index (χ4v) is 5.80. The Kier molecular flexibility index (Phi) is 8.59. The van der Waals surface area contributed by atoms with E-state index >= 15 is 0 Å². The zero-order valence-electron chi connectivity index (χ0n) is 22.4. The van der Waals surface area contributed by atoms with Gasteiger partial charge in [0.15, 0.2) is 0 Å². The van der Waals surface area contributed by atoms with Crippen LogP contribution in [0.15, 0.2) is 84.9 Å². The van der Waals surface area contributed by atoms with Crippen LogP contribution in [0.4, 0.5) is 10.5 Å². The number of nitrogens with two attached hydrogens (primary N) is 1. The third kappa shape index (κ3) is 8.36. The van der Waals surface area contributed by atoms with Gasteiger partial charge in [-0.3, -0.25) is 9.27 Å². The lowest BCUT2D eigenvalue weighted by Crippen LogP contribution is -2.59. The number of amides is 1. The van der Waals surface area contributed by atoms with Crippen molar-refractivity contribution in [1.29, 1.82) is 0 Å². The molecule has 1 amide bonds. The molecule has 1 unspecified atom stereocenters. The molecule has 1 atom stereocenters. The standard InChI is InChI=1S/C29H32N4O5S2/c1-28(2,3)38-27(34)32-29(30,18-20-10-6-4-7-11-20)19-24-25(31-26(39-24)22-12-8-5-9-13-22)21-14-16-23(17-15-21)33-40(35,36)37/h4-17,33H,18-19,30H2,1-3H3,(H,32,34)(H,35,36,37). The van der Waals surface area contributed by atoms with Gasteiger partial charge >= 0.3 is 16.4 Å². The van der Waals surface area contributed by atoms with Gasteiger partial charge in [-0.15, -0.1) is 11.3 Å². The lowest BCUT2D eigenvalue weighted by Gasteiger charge is -2.32. The minimum Gasteiger partial charge on any atom is -0.444 e. The van der Waals surface area contributed by atoms with E-state index in [2.05, 4.69) is 5.32 Å². The molecule has 0 aliphatic rings. The quantitative estimate of drug-likeness (QED) is 0.148. The van der Waals surface area contributed by atoms with Crippen LogP contribution in [0.2, 0.25) is 0 Å². The molecule has 4 aromatic rings. The summed E-state index contributed by atoms with van der Waals surface area (Å²) in [5.41, 5.74) is 8.45. The average molecular weight is 581 g/mol. The van der Waals surface area contributed by atoms with Crippen molar-refractivity contribution >= 4 is 33.4 Å². The largest absolute Gasteiger partial charge is 0.444 e. The molecule has 0 fully saturated rings. The normalized spacial score (nSPS) is 13.3. The molecule has 9 nitrogen and oxygen atoms in total. The predicted molar refractivity (Wildman–Crippen MR) is 158 cm³/mol. The molecule has 40 heavy (non-hydrogen) atoms. The zero-order valence-corrected chi connectivity index (χ0v) is 24.1. The zero-order chi connectivity index (χ0) is 29.0. The first kappa shape index (κ1) is 29.2. The molecular weight excluding hydrogens is 548 g/mol. The Bertz CT molecular complexity index is 1550. The van der Waals surface area contributed by atoms with Gasteiger partial charge in [0.1, 0.15) is 16.3 Å². The number of carbonyl (C=O) groups excluding carboxylic acids is 1. The Balaban J connectivity index is 1.74. The minimum absolute atomic E-state index is 0.204. The van der Waals surface area contributed by atoms with Gasteiger partial charge in [-0.1, -0.05) is 72.8 Å². The molecule has 0 spiro atoms. The highest BCUT2D eigenvalue weighted by atomic mass is 32.2. The van der Waals surface area contributed by atoms with E-state index < -0.39 is 27.7 Å². The molecule has 4 rings (SSSR count). The van der Waals surface area contributed by atoms with Crippen molar-refractivity contribution in [3.05, 3.63) is 95.4 Å². The number of anilines is 1. The van der Waals surface area contributed by atoms with Crippen molar-refractivity contribution in [3.8, 4) is 21.8 Å². The molecule has 1 heterocycles. The van der Waals surface area contributed by atoms with Crippen molar-refractivity contribution in [2.75, 3.05) is 4.72 Å². The maximum atomic E-state index is 12.9. The molecular formula is C29H32N4O5S2. The van der Waals surface area contributed by atoms with Gasteiger partial charge in [-0.25, -0.2) is 9.78 Å². The molecule has 0 aliphatic heterocycles. The molecule has 11 heteroatoms. The number of ether oxygens (including phenoxy) is 1. The van der Waals surface area contributed by atoms with Crippen molar-refractivity contribution in [1.82, 2.24) is 10.3 Å². The van der Waals surface area contributed by atoms with Crippen molar-refractivity contribution in [2.45, 2.75) is 44.9 Å². The monoisotopic (exact) mass is 580 g/mol. The second kappa shape index (κ2) is 11.8. The van der Waals surface area contributed by atoms with Gasteiger partial charge in [0.05, 0.1) is 11.4 Å². The highest BCUT2D eigenvalue weighted by molar-refractivity contribution is 7.87. The fourth-order valence-electron chi connectivity index (χ4n) is 4.15. The van der Waals surface area contributed by atoms with E-state index in [0.717, 1.165) is 21.0 Å². The number of hydrogen-bond acceptors (Lipinski definition) is 7. The lowest BCUT2D eigenvalue weighted by atomic mass is 9.95. The highest BCUT2D eigenvalue weighted by Crippen LogP contribution is 2.36. The first-order valence-corrected chi connectivity index (χ1v) is 14.8. The number of nitrogens with zero attached hydrogens (tertiary/aromatic N) is 1. The number of benzene rings is 3. The first-order chi connectivity index (χ1) is 18.8. The maximum Gasteiger partial charge on any atom is 0.409 e. The molecule has 0 aliphatic carbocycles. The molecule has 5 N–H and O–H groups in total. The molecule has 210 valence electrons. The number of carbonyl (C=O) groups is 1. The molecule has 1 aromatic heterocycles. The third-order valence-electron chi connectivity index (χ3n) is 5.71. The smallest absolute Gasteiger partial charge is 0.409 e. The van der Waals surface area contributed by atoms with Gasteiger partial charge < -0.3 is 15.8 Å². The molecule has 0 radical (unpaired) electrons. The van der Waals surface area contributed by atoms with Gasteiger partial charge in [0.25, 0.3) is 0 Å². The topological polar surface area (TPSA) is 144 Å². The van der Waals surface area contributed by atoms with E-state index in [1.807, 2.05) is 65.4 Å². The van der Waals surface area contributed by atoms with Crippen LogP contribution >= 0.6 is 11.3 Å². The van der Waals surface area contributed by atoms with Crippen LogP contribution in [0.25, 0.3) is 21.8 Å². The van der Waals surface area contributed by atoms with Crippen molar-refractivity contribution in [2.24, 2.45) is 5.73 Å². The number of alkyl carbamates (subject to hydrolysis) is 1. The Labute approximate surface area is 238 Å². The molecule has 0 bridgehead atoms. The van der Waals surface area contributed by atoms with E-state index in [9.17, 15) is 13.2 Å². The minimum atomic E-state index is -4.41. The van der Waals surface area contributed by atoms with Crippen LogP contribution in [0, 0.1) is 0 Å². The summed E-state index contributed by atoms with van der Waals surface area (Å²) in [4.78, 5) is 18.6. The number of thiazole rings is 1. The van der Waals surface area contributed by atoms with Crippen LogP contribution < -0.4 is 15.8 Å². The van der Waals surface area contributed by atoms with Crippen LogP contribution in [0.5, 0.6) is 0 Å². The number of hydrogen-bond donors (Lipinski definition) is 4. The van der Waals surface area contributed by atoms with Gasteiger partial charge in [-0.2, -0.15) is 8.42 Å². The van der Waals surface area contributed by atoms with Crippen LogP contribution in [-0.4, -0.2) is 35.3 Å². The summed E-state index contributed by atoms with van der Waals surface area (Å²) in [6, 6.07) is 25.8. The summed E-state index contributed by atoms with van der Waals surface area (Å²) >= 11 is 1.46. The molecule has 0 saturated heterocycles. The first-order valence-electron chi connectivity index (χ1n) is 12.5. The van der Waals surface area contributed by atoms with E-state index in [1.54, 1.807) is 32.9 Å². The second-order valence-electron chi connectivity index (χ2n) is 10.4. The SMILES string of the molecule is CC(C)(C)OC(=O)NC(N)(Cc1ccccc1)Cc1sc(-c2ccccc2)nc1-c1ccc(NS(=O)(=O)O)cc1. The highest BCUT2D eigenvalue weighted by Gasteiger charge is 2.33. The molecule has 0 saturated carbocycles. The van der Waals surface area contributed by atoms with Crippen LogP contribution in [0.1, 0.15) is 31.2 Å². The van der Waals surface area contributed by atoms with E-state index in [1.165, 1.54) is 23.5 Å². The van der Waals surface area contributed by atoms with Gasteiger partial charge in [-0.05, 0) is 38.5 Å². The van der Waals surface area contributed by atoms with Crippen molar-refractivity contribution < 1.29 is 22.5 Å². The number of nitrogens with one attached hydrogen (secondary N) is 2. The predicted octanol–water partition coefficient (Wildman–Crippen LogP) is 5.66. The summed E-state index contributed by atoms with van der Waals surface area (Å²) in [6.07, 6.45) is -0.0465. The summed E-state index contributed by atoms with van der Waals surface area (Å²) in [7, 11) is -4.41. The Morgan fingerprint density at radius 2 is 1.52 bits per heavy atom. The third-order valence-corrected chi connectivity index (χ3v) is 7.31. The summed E-state index contributed by atoms with van der Waals surface area (Å²) in [5.74, 6) is 0. The van der Waals surface area contributed by atoms with Crippen LogP contribution in [0.3, 0.4) is 0 Å². The summed E-state index contributed by atoms with van der Waals surface area (Å²) in [5, 5.41) is 3.67. The number of rotatable bonds is 9. The van der Waals surface area contributed by atoms with Crippen molar-refractivity contribution in [3.63, 3.8) is 0 Å². The summed E-state index contributed by atoms with van der Waals surface area (Å²) < 4.78 is 39.1. The van der Waals surface area contributed by atoms with E-state index in [4.69, 9.17) is 20.0 Å². The van der Waals surface area contributed by atoms with Gasteiger partial charge in [0, 0.05) is 28.8 Å². The Hall–Kier alpha value is -3.77. The fraction of sp³-hybridized carbons (Fsp3) is 0.241. The summed E-state index contributed by atoms with van der Waals surface area (Å²) in [6.45, 7) is 5.36. The maximum absolute atomic E-state index is 12.9. The number of aromatic nitrogens is 1. The second-order valence-corrected chi connectivity index (χ2v) is 12.7. The van der Waals surface area contributed by atoms with E-state index in [-0.39, 0.29) is 12.1 Å².